The second-order valence-corrected chi connectivity index (χ2v) is 6.01. The van der Waals surface area contributed by atoms with Crippen LogP contribution in [0.1, 0.15) is 32.3 Å². The lowest BCUT2D eigenvalue weighted by Crippen LogP contribution is -2.40. The second kappa shape index (κ2) is 14.1. The minimum Gasteiger partial charge on any atom is -0.493 e. The monoisotopic (exact) mass is 508 g/mol. The molecule has 0 saturated heterocycles. The predicted octanol–water partition coefficient (Wildman–Crippen LogP) is 2.30. The zero-order chi connectivity index (χ0) is 20.2. The number of amides is 1. The molecule has 160 valence electrons. The second-order valence-electron chi connectivity index (χ2n) is 6.01. The Morgan fingerprint density at radius 2 is 1.71 bits per heavy atom. The van der Waals surface area contributed by atoms with Crippen molar-refractivity contribution in [1.29, 1.82) is 0 Å². The van der Waals surface area contributed by atoms with E-state index in [9.17, 15) is 4.79 Å². The first-order valence-electron chi connectivity index (χ1n) is 9.01. The van der Waals surface area contributed by atoms with E-state index in [-0.39, 0.29) is 35.9 Å². The highest BCUT2D eigenvalue weighted by Crippen LogP contribution is 2.38. The molecule has 1 atom stereocenters. The van der Waals surface area contributed by atoms with Crippen LogP contribution >= 0.6 is 24.0 Å². The molecule has 0 saturated carbocycles. The maximum atomic E-state index is 11.8. The summed E-state index contributed by atoms with van der Waals surface area (Å²) >= 11 is 0. The van der Waals surface area contributed by atoms with Gasteiger partial charge in [-0.2, -0.15) is 0 Å². The minimum atomic E-state index is 0. The number of carbonyl (C=O) groups is 1. The third kappa shape index (κ3) is 8.41. The standard InChI is InChI=1S/C19H32N4O4.HI/c1-7-13(2)23-17(24)8-9-21-19(20-3)22-12-14-10-15(25-4)18(27-6)16(11-14)26-5;/h10-11,13H,7-9,12H2,1-6H3,(H,23,24)(H2,20,21,22);1H. The summed E-state index contributed by atoms with van der Waals surface area (Å²) in [6.45, 7) is 5.04. The molecule has 0 aliphatic heterocycles. The van der Waals surface area contributed by atoms with Crippen molar-refractivity contribution < 1.29 is 19.0 Å². The van der Waals surface area contributed by atoms with E-state index in [2.05, 4.69) is 20.9 Å². The Hall–Kier alpha value is -1.91. The largest absolute Gasteiger partial charge is 0.493 e. The lowest BCUT2D eigenvalue weighted by molar-refractivity contribution is -0.121. The highest BCUT2D eigenvalue weighted by molar-refractivity contribution is 14.0. The van der Waals surface area contributed by atoms with Crippen LogP contribution < -0.4 is 30.2 Å². The molecule has 0 spiro atoms. The number of nitrogens with zero attached hydrogens (tertiary/aromatic N) is 1. The summed E-state index contributed by atoms with van der Waals surface area (Å²) in [5.41, 5.74) is 0.946. The van der Waals surface area contributed by atoms with Gasteiger partial charge in [0.1, 0.15) is 0 Å². The number of rotatable bonds is 10. The summed E-state index contributed by atoms with van der Waals surface area (Å²) in [5, 5.41) is 9.28. The van der Waals surface area contributed by atoms with E-state index in [0.29, 0.717) is 42.7 Å². The fourth-order valence-corrected chi connectivity index (χ4v) is 2.39. The molecular formula is C19H33IN4O4. The summed E-state index contributed by atoms with van der Waals surface area (Å²) < 4.78 is 16.0. The molecule has 1 unspecified atom stereocenters. The fraction of sp³-hybridized carbons (Fsp3) is 0.579. The molecule has 28 heavy (non-hydrogen) atoms. The first-order chi connectivity index (χ1) is 13.0. The summed E-state index contributed by atoms with van der Waals surface area (Å²) in [6, 6.07) is 3.94. The number of nitrogens with one attached hydrogen (secondary N) is 3. The Morgan fingerprint density at radius 1 is 1.11 bits per heavy atom. The molecule has 0 radical (unpaired) electrons. The summed E-state index contributed by atoms with van der Waals surface area (Å²) in [5.74, 6) is 2.38. The average Bonchev–Trinajstić information content (AvgIpc) is 2.69. The Kier molecular flexibility index (Phi) is 13.2. The molecule has 1 aromatic rings. The minimum absolute atomic E-state index is 0. The molecule has 0 aliphatic carbocycles. The third-order valence-electron chi connectivity index (χ3n) is 4.07. The lowest BCUT2D eigenvalue weighted by atomic mass is 10.2. The van der Waals surface area contributed by atoms with E-state index in [0.717, 1.165) is 12.0 Å². The zero-order valence-corrected chi connectivity index (χ0v) is 19.9. The topological polar surface area (TPSA) is 93.2 Å². The number of hydrogen-bond donors (Lipinski definition) is 3. The molecular weight excluding hydrogens is 475 g/mol. The Balaban J connectivity index is 0.00000729. The van der Waals surface area contributed by atoms with Gasteiger partial charge in [-0.05, 0) is 31.0 Å². The summed E-state index contributed by atoms with van der Waals surface area (Å²) in [4.78, 5) is 16.0. The van der Waals surface area contributed by atoms with Gasteiger partial charge in [-0.1, -0.05) is 6.92 Å². The maximum Gasteiger partial charge on any atom is 0.221 e. The molecule has 0 aliphatic rings. The molecule has 0 bridgehead atoms. The van der Waals surface area contributed by atoms with Gasteiger partial charge in [0.05, 0.1) is 21.3 Å². The van der Waals surface area contributed by atoms with Crippen LogP contribution in [0.3, 0.4) is 0 Å². The van der Waals surface area contributed by atoms with Crippen molar-refractivity contribution in [3.05, 3.63) is 17.7 Å². The van der Waals surface area contributed by atoms with Gasteiger partial charge < -0.3 is 30.2 Å². The molecule has 1 rings (SSSR count). The van der Waals surface area contributed by atoms with E-state index in [4.69, 9.17) is 14.2 Å². The van der Waals surface area contributed by atoms with Crippen LogP contribution in [-0.2, 0) is 11.3 Å². The molecule has 9 heteroatoms. The average molecular weight is 508 g/mol. The quantitative estimate of drug-likeness (QED) is 0.255. The number of aliphatic imine (C=N–C) groups is 1. The number of ether oxygens (including phenoxy) is 3. The van der Waals surface area contributed by atoms with E-state index in [1.165, 1.54) is 0 Å². The zero-order valence-electron chi connectivity index (χ0n) is 17.5. The van der Waals surface area contributed by atoms with Crippen LogP contribution in [0.2, 0.25) is 0 Å². The van der Waals surface area contributed by atoms with E-state index in [1.807, 2.05) is 26.0 Å². The van der Waals surface area contributed by atoms with Crippen LogP contribution in [-0.4, -0.2) is 52.8 Å². The van der Waals surface area contributed by atoms with E-state index < -0.39 is 0 Å². The number of benzene rings is 1. The van der Waals surface area contributed by atoms with Crippen LogP contribution in [0.4, 0.5) is 0 Å². The summed E-state index contributed by atoms with van der Waals surface area (Å²) in [6.07, 6.45) is 1.30. The molecule has 1 aromatic carbocycles. The van der Waals surface area contributed by atoms with Crippen LogP contribution in [0.15, 0.2) is 17.1 Å². The van der Waals surface area contributed by atoms with Gasteiger partial charge in [-0.25, -0.2) is 0 Å². The van der Waals surface area contributed by atoms with Crippen molar-refractivity contribution in [2.75, 3.05) is 34.9 Å². The van der Waals surface area contributed by atoms with Gasteiger partial charge in [0.25, 0.3) is 0 Å². The van der Waals surface area contributed by atoms with E-state index in [1.54, 1.807) is 28.4 Å². The predicted molar refractivity (Wildman–Crippen MR) is 122 cm³/mol. The summed E-state index contributed by atoms with van der Waals surface area (Å²) in [7, 11) is 6.42. The molecule has 0 aromatic heterocycles. The Labute approximate surface area is 184 Å². The van der Waals surface area contributed by atoms with E-state index >= 15 is 0 Å². The van der Waals surface area contributed by atoms with Gasteiger partial charge in [-0.3, -0.25) is 9.79 Å². The van der Waals surface area contributed by atoms with Gasteiger partial charge in [-0.15, -0.1) is 24.0 Å². The molecule has 0 heterocycles. The molecule has 1 amide bonds. The first kappa shape index (κ1) is 26.1. The van der Waals surface area contributed by atoms with Crippen LogP contribution in [0, 0.1) is 0 Å². The van der Waals surface area contributed by atoms with Crippen molar-refractivity contribution in [2.24, 2.45) is 4.99 Å². The number of halogens is 1. The van der Waals surface area contributed by atoms with Gasteiger partial charge in [0, 0.05) is 32.6 Å². The molecule has 3 N–H and O–H groups in total. The highest BCUT2D eigenvalue weighted by Gasteiger charge is 2.13. The molecule has 0 fully saturated rings. The SMILES string of the molecule is CCC(C)NC(=O)CCNC(=NC)NCc1cc(OC)c(OC)c(OC)c1.I. The normalized spacial score (nSPS) is 11.7. The van der Waals surface area contributed by atoms with Crippen LogP contribution in [0.25, 0.3) is 0 Å². The number of guanidine groups is 1. The lowest BCUT2D eigenvalue weighted by Gasteiger charge is -2.16. The third-order valence-corrected chi connectivity index (χ3v) is 4.07. The van der Waals surface area contributed by atoms with Gasteiger partial charge in [0.15, 0.2) is 17.5 Å². The van der Waals surface area contributed by atoms with Crippen molar-refractivity contribution >= 4 is 35.8 Å². The van der Waals surface area contributed by atoms with Crippen LogP contribution in [0.5, 0.6) is 17.2 Å². The van der Waals surface area contributed by atoms with Crippen molar-refractivity contribution in [2.45, 2.75) is 39.3 Å². The van der Waals surface area contributed by atoms with Gasteiger partial charge >= 0.3 is 0 Å². The van der Waals surface area contributed by atoms with Crippen molar-refractivity contribution in [3.8, 4) is 17.2 Å². The van der Waals surface area contributed by atoms with Gasteiger partial charge in [0.2, 0.25) is 11.7 Å². The number of carbonyl (C=O) groups excluding carboxylic acids is 1. The Bertz CT molecular complexity index is 615. The van der Waals surface area contributed by atoms with Crippen molar-refractivity contribution in [1.82, 2.24) is 16.0 Å². The maximum absolute atomic E-state index is 11.8. The molecule has 8 nitrogen and oxygen atoms in total. The Morgan fingerprint density at radius 3 is 2.18 bits per heavy atom. The first-order valence-corrected chi connectivity index (χ1v) is 9.01. The number of methoxy groups -OCH3 is 3. The highest BCUT2D eigenvalue weighted by atomic mass is 127. The smallest absolute Gasteiger partial charge is 0.221 e. The fourth-order valence-electron chi connectivity index (χ4n) is 2.39. The number of hydrogen-bond acceptors (Lipinski definition) is 5. The van der Waals surface area contributed by atoms with Crippen molar-refractivity contribution in [3.63, 3.8) is 0 Å².